The highest BCUT2D eigenvalue weighted by Crippen LogP contribution is 2.24. The molecule has 0 amide bonds. The molecule has 0 saturated carbocycles. The maximum Gasteiger partial charge on any atom is 0.332 e. The fourth-order valence-electron chi connectivity index (χ4n) is 4.81. The van der Waals surface area contributed by atoms with Crippen molar-refractivity contribution >= 4 is 16.9 Å². The molecule has 9 nitrogen and oxygen atoms in total. The predicted molar refractivity (Wildman–Crippen MR) is 141 cm³/mol. The SMILES string of the molecule is CCCn1c(=O)c2[nH]c(-c3ccc(OC4CCN(c5cccc(F)c5)CC4)nc3)nc2n(CCC)c1=O. The number of rotatable bonds is 8. The standard InChI is InChI=1S/C27H31FN6O3/c1-3-12-33-25-23(26(35)34(13-4-2)27(33)36)30-24(31-25)18-8-9-22(29-17-18)37-21-10-14-32(15-11-21)20-7-5-6-19(28)16-20/h5-9,16-17,21H,3-4,10-15H2,1-2H3,(H,30,31). The molecule has 0 spiro atoms. The fourth-order valence-corrected chi connectivity index (χ4v) is 4.81. The Balaban J connectivity index is 1.31. The van der Waals surface area contributed by atoms with Gasteiger partial charge in [-0.1, -0.05) is 19.9 Å². The van der Waals surface area contributed by atoms with E-state index in [9.17, 15) is 14.0 Å². The number of pyridine rings is 1. The highest BCUT2D eigenvalue weighted by Gasteiger charge is 2.22. The van der Waals surface area contributed by atoms with Gasteiger partial charge in [-0.3, -0.25) is 13.9 Å². The minimum atomic E-state index is -0.356. The minimum absolute atomic E-state index is 0.0230. The molecule has 4 aromatic rings. The molecule has 0 bridgehead atoms. The molecule has 4 heterocycles. The molecule has 0 atom stereocenters. The Morgan fingerprint density at radius 1 is 1.05 bits per heavy atom. The lowest BCUT2D eigenvalue weighted by atomic mass is 10.1. The molecule has 194 valence electrons. The summed E-state index contributed by atoms with van der Waals surface area (Å²) >= 11 is 0. The van der Waals surface area contributed by atoms with Crippen LogP contribution in [-0.2, 0) is 13.1 Å². The number of imidazole rings is 1. The van der Waals surface area contributed by atoms with E-state index in [1.54, 1.807) is 29.0 Å². The van der Waals surface area contributed by atoms with Crippen molar-refractivity contribution in [3.63, 3.8) is 0 Å². The number of hydrogen-bond acceptors (Lipinski definition) is 6. The third kappa shape index (κ3) is 5.00. The summed E-state index contributed by atoms with van der Waals surface area (Å²) in [6.07, 6.45) is 4.72. The van der Waals surface area contributed by atoms with Crippen LogP contribution in [0.5, 0.6) is 5.88 Å². The number of anilines is 1. The van der Waals surface area contributed by atoms with E-state index in [-0.39, 0.29) is 23.2 Å². The number of ether oxygens (including phenoxy) is 1. The molecule has 37 heavy (non-hydrogen) atoms. The van der Waals surface area contributed by atoms with Crippen LogP contribution in [0.3, 0.4) is 0 Å². The lowest BCUT2D eigenvalue weighted by Crippen LogP contribution is -2.40. The maximum atomic E-state index is 13.5. The number of halogens is 1. The fraction of sp³-hybridized carbons (Fsp3) is 0.407. The van der Waals surface area contributed by atoms with Gasteiger partial charge in [0.05, 0.1) is 0 Å². The van der Waals surface area contributed by atoms with Crippen LogP contribution in [0.15, 0.2) is 52.2 Å². The first kappa shape index (κ1) is 24.7. The molecule has 3 aromatic heterocycles. The quantitative estimate of drug-likeness (QED) is 0.389. The van der Waals surface area contributed by atoms with Crippen LogP contribution in [0.4, 0.5) is 10.1 Å². The van der Waals surface area contributed by atoms with E-state index in [2.05, 4.69) is 19.9 Å². The van der Waals surface area contributed by atoms with Crippen LogP contribution in [0, 0.1) is 5.82 Å². The lowest BCUT2D eigenvalue weighted by molar-refractivity contribution is 0.164. The molecule has 1 aliphatic heterocycles. The summed E-state index contributed by atoms with van der Waals surface area (Å²) < 4.78 is 22.5. The van der Waals surface area contributed by atoms with Gasteiger partial charge < -0.3 is 14.6 Å². The van der Waals surface area contributed by atoms with E-state index in [1.807, 2.05) is 26.0 Å². The van der Waals surface area contributed by atoms with Gasteiger partial charge in [0, 0.05) is 62.5 Å². The molecule has 1 aliphatic rings. The molecule has 5 rings (SSSR count). The van der Waals surface area contributed by atoms with Crippen molar-refractivity contribution in [3.8, 4) is 17.3 Å². The summed E-state index contributed by atoms with van der Waals surface area (Å²) in [5.41, 5.74) is 1.58. The zero-order valence-corrected chi connectivity index (χ0v) is 21.1. The second kappa shape index (κ2) is 10.6. The Morgan fingerprint density at radius 2 is 1.81 bits per heavy atom. The second-order valence-electron chi connectivity index (χ2n) is 9.34. The van der Waals surface area contributed by atoms with Crippen molar-refractivity contribution in [3.05, 3.63) is 69.3 Å². The van der Waals surface area contributed by atoms with Crippen molar-refractivity contribution in [2.45, 2.75) is 58.7 Å². The first-order valence-corrected chi connectivity index (χ1v) is 12.9. The molecular formula is C27H31FN6O3. The van der Waals surface area contributed by atoms with Gasteiger partial charge in [0.25, 0.3) is 5.56 Å². The summed E-state index contributed by atoms with van der Waals surface area (Å²) in [6.45, 7) is 6.31. The van der Waals surface area contributed by atoms with E-state index in [0.717, 1.165) is 38.0 Å². The molecule has 0 radical (unpaired) electrons. The highest BCUT2D eigenvalue weighted by molar-refractivity contribution is 5.75. The first-order valence-electron chi connectivity index (χ1n) is 12.9. The first-order chi connectivity index (χ1) is 18.0. The molecule has 1 saturated heterocycles. The number of nitrogens with zero attached hydrogens (tertiary/aromatic N) is 5. The number of fused-ring (bicyclic) bond motifs is 1. The number of aromatic amines is 1. The number of aryl methyl sites for hydroxylation is 1. The normalized spacial score (nSPS) is 14.4. The largest absolute Gasteiger partial charge is 0.474 e. The number of hydrogen-bond donors (Lipinski definition) is 1. The zero-order chi connectivity index (χ0) is 25.9. The Labute approximate surface area is 213 Å². The van der Waals surface area contributed by atoms with E-state index >= 15 is 0 Å². The van der Waals surface area contributed by atoms with Crippen molar-refractivity contribution in [2.24, 2.45) is 0 Å². The number of H-pyrrole nitrogens is 1. The molecule has 1 aromatic carbocycles. The smallest absolute Gasteiger partial charge is 0.332 e. The van der Waals surface area contributed by atoms with E-state index in [1.165, 1.54) is 10.6 Å². The Bertz CT molecular complexity index is 1500. The molecule has 0 aliphatic carbocycles. The monoisotopic (exact) mass is 506 g/mol. The number of benzene rings is 1. The summed E-state index contributed by atoms with van der Waals surface area (Å²) in [6, 6.07) is 10.3. The van der Waals surface area contributed by atoms with Gasteiger partial charge in [-0.15, -0.1) is 0 Å². The lowest BCUT2D eigenvalue weighted by Gasteiger charge is -2.33. The average molecular weight is 507 g/mol. The summed E-state index contributed by atoms with van der Waals surface area (Å²) in [5, 5.41) is 0. The third-order valence-corrected chi connectivity index (χ3v) is 6.67. The van der Waals surface area contributed by atoms with Gasteiger partial charge >= 0.3 is 5.69 Å². The number of piperidine rings is 1. The summed E-state index contributed by atoms with van der Waals surface area (Å²) in [5.74, 6) is 0.759. The van der Waals surface area contributed by atoms with Crippen LogP contribution in [0.1, 0.15) is 39.5 Å². The van der Waals surface area contributed by atoms with E-state index < -0.39 is 0 Å². The Kier molecular flexibility index (Phi) is 7.07. The molecule has 1 fully saturated rings. The number of aromatic nitrogens is 5. The minimum Gasteiger partial charge on any atom is -0.474 e. The summed E-state index contributed by atoms with van der Waals surface area (Å²) in [7, 11) is 0. The highest BCUT2D eigenvalue weighted by atomic mass is 19.1. The summed E-state index contributed by atoms with van der Waals surface area (Å²) in [4.78, 5) is 40.2. The van der Waals surface area contributed by atoms with Gasteiger partial charge in [-0.05, 0) is 37.1 Å². The average Bonchev–Trinajstić information content (AvgIpc) is 3.36. The third-order valence-electron chi connectivity index (χ3n) is 6.67. The number of nitrogens with one attached hydrogen (secondary N) is 1. The van der Waals surface area contributed by atoms with Gasteiger partial charge in [-0.2, -0.15) is 0 Å². The zero-order valence-electron chi connectivity index (χ0n) is 21.1. The van der Waals surface area contributed by atoms with Crippen molar-refractivity contribution in [2.75, 3.05) is 18.0 Å². The Morgan fingerprint density at radius 3 is 2.49 bits per heavy atom. The van der Waals surface area contributed by atoms with Gasteiger partial charge in [0.15, 0.2) is 5.65 Å². The topological polar surface area (TPSA) is 98.0 Å². The van der Waals surface area contributed by atoms with Crippen LogP contribution >= 0.6 is 0 Å². The van der Waals surface area contributed by atoms with Gasteiger partial charge in [0.1, 0.15) is 23.3 Å². The van der Waals surface area contributed by atoms with Crippen LogP contribution in [0.2, 0.25) is 0 Å². The van der Waals surface area contributed by atoms with Crippen molar-refractivity contribution < 1.29 is 9.13 Å². The molecule has 1 N–H and O–H groups in total. The van der Waals surface area contributed by atoms with Gasteiger partial charge in [0.2, 0.25) is 5.88 Å². The second-order valence-corrected chi connectivity index (χ2v) is 9.34. The Hall–Kier alpha value is -3.95. The molecule has 10 heteroatoms. The van der Waals surface area contributed by atoms with Crippen LogP contribution in [-0.4, -0.2) is 43.3 Å². The van der Waals surface area contributed by atoms with E-state index in [0.29, 0.717) is 47.9 Å². The predicted octanol–water partition coefficient (Wildman–Crippen LogP) is 3.96. The van der Waals surface area contributed by atoms with Crippen LogP contribution < -0.4 is 20.9 Å². The molecular weight excluding hydrogens is 475 g/mol. The van der Waals surface area contributed by atoms with E-state index in [4.69, 9.17) is 4.74 Å². The van der Waals surface area contributed by atoms with Crippen molar-refractivity contribution in [1.29, 1.82) is 0 Å². The maximum absolute atomic E-state index is 13.5. The van der Waals surface area contributed by atoms with Crippen molar-refractivity contribution in [1.82, 2.24) is 24.1 Å². The van der Waals surface area contributed by atoms with Gasteiger partial charge in [-0.25, -0.2) is 19.2 Å². The van der Waals surface area contributed by atoms with Crippen LogP contribution in [0.25, 0.3) is 22.6 Å². The molecule has 0 unspecified atom stereocenters.